The maximum atomic E-state index is 13.5. The van der Waals surface area contributed by atoms with Crippen LogP contribution in [0.3, 0.4) is 0 Å². The number of fused-ring (bicyclic) bond motifs is 1. The molecule has 0 unspecified atom stereocenters. The van der Waals surface area contributed by atoms with E-state index in [1.165, 1.54) is 14.1 Å². The van der Waals surface area contributed by atoms with E-state index in [0.717, 1.165) is 11.1 Å². The van der Waals surface area contributed by atoms with Gasteiger partial charge in [0.05, 0.1) is 13.7 Å². The molecule has 0 spiro atoms. The molecule has 0 saturated carbocycles. The largest absolute Gasteiger partial charge is 0.493 e. The second-order valence-corrected chi connectivity index (χ2v) is 9.63. The number of aliphatic hydroxyl groups is 1. The molecule has 11 nitrogen and oxygen atoms in total. The molecular weight excluding hydrogens is 464 g/mol. The van der Waals surface area contributed by atoms with Crippen molar-refractivity contribution in [3.05, 3.63) is 46.2 Å². The van der Waals surface area contributed by atoms with Crippen LogP contribution in [0.1, 0.15) is 52.7 Å². The van der Waals surface area contributed by atoms with Crippen LogP contribution in [0.2, 0.25) is 0 Å². The molecule has 1 amide bonds. The number of aryl methyl sites for hydroxylation is 1. The standard InChI is InChI=1S/C25H34N6O5/c1-15-11-18(23(34)29(6)7)27-31-22(15)28-30(24(31)26-5)14-19(33)16-12-17(25(2,3)4)21(35-8)20(13-16)36-10-9-32/h11-13,32H,9-10,14H2,1-8H3. The molecule has 0 fully saturated rings. The molecule has 3 aromatic rings. The van der Waals surface area contributed by atoms with E-state index in [1.54, 1.807) is 46.5 Å². The molecule has 2 heterocycles. The summed E-state index contributed by atoms with van der Waals surface area (Å²) in [6.45, 7) is 7.66. The maximum Gasteiger partial charge on any atom is 0.273 e. The Morgan fingerprint density at radius 3 is 2.42 bits per heavy atom. The topological polar surface area (TPSA) is 124 Å². The molecule has 2 aromatic heterocycles. The van der Waals surface area contributed by atoms with Gasteiger partial charge in [0.15, 0.2) is 22.9 Å². The average Bonchev–Trinajstić information content (AvgIpc) is 3.18. The van der Waals surface area contributed by atoms with Crippen LogP contribution < -0.4 is 15.1 Å². The fourth-order valence-electron chi connectivity index (χ4n) is 3.82. The summed E-state index contributed by atoms with van der Waals surface area (Å²) >= 11 is 0. The van der Waals surface area contributed by atoms with Gasteiger partial charge in [0.25, 0.3) is 5.91 Å². The summed E-state index contributed by atoms with van der Waals surface area (Å²) in [5.41, 5.74) is 2.68. The van der Waals surface area contributed by atoms with Gasteiger partial charge < -0.3 is 19.5 Å². The summed E-state index contributed by atoms with van der Waals surface area (Å²) in [4.78, 5) is 31.7. The van der Waals surface area contributed by atoms with Crippen molar-refractivity contribution in [3.63, 3.8) is 0 Å². The Balaban J connectivity index is 2.10. The highest BCUT2D eigenvalue weighted by Gasteiger charge is 2.26. The lowest BCUT2D eigenvalue weighted by molar-refractivity contribution is 0.0819. The fourth-order valence-corrected chi connectivity index (χ4v) is 3.82. The van der Waals surface area contributed by atoms with E-state index in [9.17, 15) is 14.7 Å². The lowest BCUT2D eigenvalue weighted by atomic mass is 9.84. The van der Waals surface area contributed by atoms with Gasteiger partial charge in [-0.15, -0.1) is 5.10 Å². The van der Waals surface area contributed by atoms with E-state index in [4.69, 9.17) is 9.47 Å². The zero-order valence-corrected chi connectivity index (χ0v) is 22.1. The molecule has 0 radical (unpaired) electrons. The van der Waals surface area contributed by atoms with Gasteiger partial charge >= 0.3 is 0 Å². The number of aliphatic hydroxyl groups excluding tert-OH is 1. The van der Waals surface area contributed by atoms with Gasteiger partial charge in [-0.25, -0.2) is 4.68 Å². The molecule has 0 aliphatic carbocycles. The van der Waals surface area contributed by atoms with Gasteiger partial charge in [-0.1, -0.05) is 20.8 Å². The lowest BCUT2D eigenvalue weighted by Crippen LogP contribution is -2.29. The third-order valence-corrected chi connectivity index (χ3v) is 5.61. The molecule has 1 N–H and O–H groups in total. The first kappa shape index (κ1) is 26.9. The number of nitrogens with zero attached hydrogens (tertiary/aromatic N) is 6. The number of Topliss-reactive ketones (excluding diaryl/α,β-unsaturated/α-hetero) is 1. The molecule has 0 aliphatic heterocycles. The van der Waals surface area contributed by atoms with Crippen molar-refractivity contribution < 1.29 is 24.2 Å². The van der Waals surface area contributed by atoms with E-state index >= 15 is 0 Å². The Morgan fingerprint density at radius 2 is 1.86 bits per heavy atom. The molecule has 0 saturated heterocycles. The first-order valence-corrected chi connectivity index (χ1v) is 11.5. The van der Waals surface area contributed by atoms with E-state index < -0.39 is 0 Å². The minimum absolute atomic E-state index is 0.0661. The van der Waals surface area contributed by atoms with Crippen molar-refractivity contribution in [2.45, 2.75) is 39.7 Å². The maximum absolute atomic E-state index is 13.5. The number of benzene rings is 1. The Bertz CT molecular complexity index is 1360. The molecular formula is C25H34N6O5. The van der Waals surface area contributed by atoms with Gasteiger partial charge in [0, 0.05) is 32.3 Å². The van der Waals surface area contributed by atoms with Crippen LogP contribution in [0.4, 0.5) is 0 Å². The van der Waals surface area contributed by atoms with Crippen LogP contribution in [0.15, 0.2) is 23.2 Å². The Morgan fingerprint density at radius 1 is 1.17 bits per heavy atom. The van der Waals surface area contributed by atoms with E-state index in [1.807, 2.05) is 27.7 Å². The van der Waals surface area contributed by atoms with Gasteiger partial charge in [0.1, 0.15) is 18.8 Å². The van der Waals surface area contributed by atoms with Gasteiger partial charge in [-0.2, -0.15) is 9.61 Å². The normalized spacial score (nSPS) is 12.2. The second kappa shape index (κ2) is 10.5. The fraction of sp³-hybridized carbons (Fsp3) is 0.480. The van der Waals surface area contributed by atoms with Crippen LogP contribution in [0, 0.1) is 6.92 Å². The number of rotatable bonds is 8. The van der Waals surface area contributed by atoms with Crippen LogP contribution >= 0.6 is 0 Å². The van der Waals surface area contributed by atoms with Crippen LogP contribution in [-0.2, 0) is 12.0 Å². The summed E-state index contributed by atoms with van der Waals surface area (Å²) < 4.78 is 14.2. The predicted molar refractivity (Wildman–Crippen MR) is 134 cm³/mol. The summed E-state index contributed by atoms with van der Waals surface area (Å²) in [5, 5.41) is 18.2. The number of carbonyl (C=O) groups excluding carboxylic acids is 2. The summed E-state index contributed by atoms with van der Waals surface area (Å²) in [6.07, 6.45) is 0. The lowest BCUT2D eigenvalue weighted by Gasteiger charge is -2.25. The molecule has 1 aromatic carbocycles. The quantitative estimate of drug-likeness (QED) is 0.468. The third kappa shape index (κ3) is 5.25. The van der Waals surface area contributed by atoms with Crippen molar-refractivity contribution >= 4 is 17.3 Å². The van der Waals surface area contributed by atoms with Crippen LogP contribution in [-0.4, -0.2) is 82.6 Å². The zero-order valence-electron chi connectivity index (χ0n) is 22.1. The SMILES string of the molecule is CN=c1n(CC(=O)c2cc(OCCO)c(OC)c(C(C)(C)C)c2)nc2c(C)cc(C(=O)N(C)C)nn12. The number of amides is 1. The Kier molecular flexibility index (Phi) is 7.83. The molecule has 11 heteroatoms. The average molecular weight is 499 g/mol. The first-order chi connectivity index (χ1) is 16.9. The molecule has 0 bridgehead atoms. The van der Waals surface area contributed by atoms with Gasteiger partial charge in [-0.3, -0.25) is 14.6 Å². The van der Waals surface area contributed by atoms with E-state index in [-0.39, 0.29) is 42.6 Å². The number of ketones is 1. The molecule has 3 rings (SSSR count). The smallest absolute Gasteiger partial charge is 0.273 e. The van der Waals surface area contributed by atoms with Crippen molar-refractivity contribution in [1.82, 2.24) is 24.3 Å². The van der Waals surface area contributed by atoms with Crippen molar-refractivity contribution in [1.29, 1.82) is 0 Å². The number of aromatic nitrogens is 4. The third-order valence-electron chi connectivity index (χ3n) is 5.61. The molecule has 0 aliphatic rings. The monoisotopic (exact) mass is 498 g/mol. The predicted octanol–water partition coefficient (Wildman–Crippen LogP) is 1.63. The van der Waals surface area contributed by atoms with Gasteiger partial charge in [-0.05, 0) is 36.1 Å². The first-order valence-electron chi connectivity index (χ1n) is 11.5. The minimum Gasteiger partial charge on any atom is -0.493 e. The zero-order chi connectivity index (χ0) is 26.8. The van der Waals surface area contributed by atoms with Crippen molar-refractivity contribution in [2.24, 2.45) is 4.99 Å². The highest BCUT2D eigenvalue weighted by atomic mass is 16.5. The van der Waals surface area contributed by atoms with Crippen molar-refractivity contribution in [3.8, 4) is 11.5 Å². The van der Waals surface area contributed by atoms with E-state index in [2.05, 4.69) is 15.2 Å². The number of carbonyl (C=O) groups is 2. The number of ether oxygens (including phenoxy) is 2. The number of hydrogen-bond acceptors (Lipinski definition) is 8. The summed E-state index contributed by atoms with van der Waals surface area (Å²) in [6, 6.07) is 5.08. The molecule has 0 atom stereocenters. The number of methoxy groups -OCH3 is 1. The number of hydrogen-bond donors (Lipinski definition) is 1. The Hall–Kier alpha value is -3.73. The summed E-state index contributed by atoms with van der Waals surface area (Å²) in [7, 11) is 6.43. The highest BCUT2D eigenvalue weighted by Crippen LogP contribution is 2.39. The molecule has 36 heavy (non-hydrogen) atoms. The van der Waals surface area contributed by atoms with E-state index in [0.29, 0.717) is 28.3 Å². The van der Waals surface area contributed by atoms with Gasteiger partial charge in [0.2, 0.25) is 5.62 Å². The van der Waals surface area contributed by atoms with Crippen LogP contribution in [0.25, 0.3) is 5.65 Å². The second-order valence-electron chi connectivity index (χ2n) is 9.63. The van der Waals surface area contributed by atoms with Crippen molar-refractivity contribution in [2.75, 3.05) is 41.5 Å². The Labute approximate surface area is 210 Å². The minimum atomic E-state index is -0.338. The summed E-state index contributed by atoms with van der Waals surface area (Å²) in [5.74, 6) is 0.432. The molecule has 194 valence electrons. The van der Waals surface area contributed by atoms with Crippen LogP contribution in [0.5, 0.6) is 11.5 Å². The highest BCUT2D eigenvalue weighted by molar-refractivity contribution is 5.97.